The zero-order valence-corrected chi connectivity index (χ0v) is 17.4. The van der Waals surface area contributed by atoms with Gasteiger partial charge in [-0.2, -0.15) is 0 Å². The molecule has 0 aliphatic rings. The number of pyridine rings is 1. The summed E-state index contributed by atoms with van der Waals surface area (Å²) in [4.78, 5) is 12.7. The van der Waals surface area contributed by atoms with Gasteiger partial charge in [-0.1, -0.05) is 53.2 Å². The average molecular weight is 431 g/mol. The lowest BCUT2D eigenvalue weighted by atomic mass is 10.1. The van der Waals surface area contributed by atoms with Gasteiger partial charge in [0.1, 0.15) is 0 Å². The Hall–Kier alpha value is -2.28. The van der Waals surface area contributed by atoms with Gasteiger partial charge in [0.05, 0.1) is 21.5 Å². The lowest BCUT2D eigenvalue weighted by Crippen LogP contribution is -2.22. The van der Waals surface area contributed by atoms with E-state index < -0.39 is 5.25 Å². The largest absolute Gasteiger partial charge is 0.324 e. The minimum Gasteiger partial charge on any atom is -0.324 e. The van der Waals surface area contributed by atoms with Crippen LogP contribution in [-0.2, 0) is 4.79 Å². The topological polar surface area (TPSA) is 59.3 Å². The number of carbonyl (C=O) groups excluding carboxylic acids is 1. The summed E-state index contributed by atoms with van der Waals surface area (Å²) in [5, 5.41) is 13.7. The average Bonchev–Trinajstić information content (AvgIpc) is 3.07. The predicted octanol–water partition coefficient (Wildman–Crippen LogP) is 5.62. The normalized spacial score (nSPS) is 12.4. The van der Waals surface area contributed by atoms with Crippen LogP contribution in [0.15, 0.2) is 53.7 Å². The predicted molar refractivity (Wildman–Crippen MR) is 116 cm³/mol. The highest BCUT2D eigenvalue weighted by molar-refractivity contribution is 8.00. The zero-order valence-electron chi connectivity index (χ0n) is 15.1. The number of carbonyl (C=O) groups is 1. The molecule has 2 heterocycles. The lowest BCUT2D eigenvalue weighted by Gasteiger charge is -2.13. The van der Waals surface area contributed by atoms with Gasteiger partial charge < -0.3 is 5.32 Å². The molecule has 1 atom stereocenters. The number of nitrogens with zero attached hydrogens (tertiary/aromatic N) is 3. The van der Waals surface area contributed by atoms with Gasteiger partial charge in [-0.3, -0.25) is 9.20 Å². The third-order valence-electron chi connectivity index (χ3n) is 4.41. The third kappa shape index (κ3) is 3.55. The van der Waals surface area contributed by atoms with Gasteiger partial charge in [0, 0.05) is 10.4 Å². The van der Waals surface area contributed by atoms with E-state index in [1.54, 1.807) is 18.2 Å². The van der Waals surface area contributed by atoms with Crippen molar-refractivity contribution in [3.63, 3.8) is 0 Å². The summed E-state index contributed by atoms with van der Waals surface area (Å²) in [6, 6.07) is 15.0. The molecule has 0 radical (unpaired) electrons. The number of aryl methyl sites for hydroxylation is 1. The SMILES string of the molecule is Cc1cc2nnc(SC(C)C(=O)Nc3cc(Cl)ccc3Cl)n2c2ccccc12. The smallest absolute Gasteiger partial charge is 0.237 e. The van der Waals surface area contributed by atoms with Crippen molar-refractivity contribution in [2.24, 2.45) is 0 Å². The van der Waals surface area contributed by atoms with Crippen LogP contribution in [0.1, 0.15) is 12.5 Å². The molecule has 4 rings (SSSR count). The number of hydrogen-bond acceptors (Lipinski definition) is 4. The minimum atomic E-state index is -0.414. The maximum Gasteiger partial charge on any atom is 0.237 e. The van der Waals surface area contributed by atoms with E-state index in [-0.39, 0.29) is 5.91 Å². The van der Waals surface area contributed by atoms with Crippen molar-refractivity contribution in [1.29, 1.82) is 0 Å². The molecule has 8 heteroatoms. The van der Waals surface area contributed by atoms with Crippen LogP contribution < -0.4 is 5.32 Å². The fourth-order valence-corrected chi connectivity index (χ4v) is 4.19. The molecule has 142 valence electrons. The molecule has 0 spiro atoms. The zero-order chi connectivity index (χ0) is 19.8. The highest BCUT2D eigenvalue weighted by Gasteiger charge is 2.20. The van der Waals surface area contributed by atoms with E-state index >= 15 is 0 Å². The second kappa shape index (κ2) is 7.62. The first-order valence-electron chi connectivity index (χ1n) is 8.60. The van der Waals surface area contributed by atoms with Crippen LogP contribution in [0.25, 0.3) is 16.6 Å². The summed E-state index contributed by atoms with van der Waals surface area (Å²) in [6.45, 7) is 3.87. The number of amides is 1. The first-order valence-corrected chi connectivity index (χ1v) is 10.2. The highest BCUT2D eigenvalue weighted by Crippen LogP contribution is 2.30. The molecule has 2 aromatic heterocycles. The molecule has 0 aliphatic heterocycles. The van der Waals surface area contributed by atoms with Gasteiger partial charge in [0.15, 0.2) is 10.8 Å². The minimum absolute atomic E-state index is 0.192. The quantitative estimate of drug-likeness (QED) is 0.427. The van der Waals surface area contributed by atoms with E-state index in [1.165, 1.54) is 11.8 Å². The first kappa shape index (κ1) is 19.1. The summed E-state index contributed by atoms with van der Waals surface area (Å²) in [5.41, 5.74) is 3.38. The van der Waals surface area contributed by atoms with Crippen LogP contribution >= 0.6 is 35.0 Å². The summed E-state index contributed by atoms with van der Waals surface area (Å²) < 4.78 is 1.98. The standard InChI is InChI=1S/C20H16Cl2N4OS/c1-11-9-18-24-25-20(26(18)17-6-4-3-5-14(11)17)28-12(2)19(27)23-16-10-13(21)7-8-15(16)22/h3-10,12H,1-2H3,(H,23,27). The number of nitrogens with one attached hydrogen (secondary N) is 1. The van der Waals surface area contributed by atoms with Crippen molar-refractivity contribution < 1.29 is 4.79 Å². The van der Waals surface area contributed by atoms with E-state index in [4.69, 9.17) is 23.2 Å². The Bertz CT molecular complexity index is 1210. The van der Waals surface area contributed by atoms with E-state index in [1.807, 2.05) is 35.6 Å². The molecule has 0 bridgehead atoms. The number of para-hydroxylation sites is 1. The third-order valence-corrected chi connectivity index (χ3v) is 6.02. The summed E-state index contributed by atoms with van der Waals surface area (Å²) >= 11 is 13.5. The van der Waals surface area contributed by atoms with Crippen molar-refractivity contribution in [2.45, 2.75) is 24.3 Å². The fourth-order valence-electron chi connectivity index (χ4n) is 2.99. The molecule has 28 heavy (non-hydrogen) atoms. The van der Waals surface area contributed by atoms with Crippen molar-refractivity contribution in [3.8, 4) is 0 Å². The van der Waals surface area contributed by atoms with Gasteiger partial charge >= 0.3 is 0 Å². The number of benzene rings is 2. The number of fused-ring (bicyclic) bond motifs is 3. The Kier molecular flexibility index (Phi) is 5.19. The summed E-state index contributed by atoms with van der Waals surface area (Å²) in [5.74, 6) is -0.192. The molecule has 0 saturated carbocycles. The first-order chi connectivity index (χ1) is 13.4. The number of anilines is 1. The maximum atomic E-state index is 12.7. The van der Waals surface area contributed by atoms with Crippen LogP contribution in [0.5, 0.6) is 0 Å². The monoisotopic (exact) mass is 430 g/mol. The molecule has 0 aliphatic carbocycles. The number of aromatic nitrogens is 3. The van der Waals surface area contributed by atoms with E-state index in [0.717, 1.165) is 22.1 Å². The van der Waals surface area contributed by atoms with E-state index in [2.05, 4.69) is 28.5 Å². The van der Waals surface area contributed by atoms with Crippen LogP contribution in [0.2, 0.25) is 10.0 Å². The van der Waals surface area contributed by atoms with Gasteiger partial charge in [0.25, 0.3) is 0 Å². The molecule has 5 nitrogen and oxygen atoms in total. The number of thioether (sulfide) groups is 1. The number of halogens is 2. The Labute approximate surface area is 176 Å². The molecule has 1 amide bonds. The summed E-state index contributed by atoms with van der Waals surface area (Å²) in [6.07, 6.45) is 0. The van der Waals surface area contributed by atoms with E-state index in [9.17, 15) is 4.79 Å². The Morgan fingerprint density at radius 2 is 1.93 bits per heavy atom. The van der Waals surface area contributed by atoms with Gasteiger partial charge in [-0.15, -0.1) is 10.2 Å². The van der Waals surface area contributed by atoms with Gasteiger partial charge in [-0.05, 0) is 49.7 Å². The Morgan fingerprint density at radius 1 is 1.14 bits per heavy atom. The second-order valence-electron chi connectivity index (χ2n) is 6.39. The van der Waals surface area contributed by atoms with Crippen molar-refractivity contribution in [1.82, 2.24) is 14.6 Å². The number of hydrogen-bond donors (Lipinski definition) is 1. The van der Waals surface area contributed by atoms with Crippen LogP contribution in [-0.4, -0.2) is 25.8 Å². The Balaban J connectivity index is 1.63. The molecule has 1 unspecified atom stereocenters. The Morgan fingerprint density at radius 3 is 2.75 bits per heavy atom. The molecular weight excluding hydrogens is 415 g/mol. The maximum absolute atomic E-state index is 12.7. The second-order valence-corrected chi connectivity index (χ2v) is 8.55. The van der Waals surface area contributed by atoms with Crippen LogP contribution in [0, 0.1) is 6.92 Å². The summed E-state index contributed by atoms with van der Waals surface area (Å²) in [7, 11) is 0. The van der Waals surface area contributed by atoms with Gasteiger partial charge in [-0.25, -0.2) is 0 Å². The number of rotatable bonds is 4. The van der Waals surface area contributed by atoms with Crippen LogP contribution in [0.4, 0.5) is 5.69 Å². The van der Waals surface area contributed by atoms with E-state index in [0.29, 0.717) is 20.9 Å². The lowest BCUT2D eigenvalue weighted by molar-refractivity contribution is -0.115. The van der Waals surface area contributed by atoms with Crippen molar-refractivity contribution >= 4 is 63.1 Å². The molecule has 0 saturated heterocycles. The molecule has 2 aromatic carbocycles. The highest BCUT2D eigenvalue weighted by atomic mass is 35.5. The fraction of sp³-hybridized carbons (Fsp3) is 0.150. The van der Waals surface area contributed by atoms with Crippen LogP contribution in [0.3, 0.4) is 0 Å². The molecule has 0 fully saturated rings. The van der Waals surface area contributed by atoms with Crippen molar-refractivity contribution in [3.05, 3.63) is 64.1 Å². The molecule has 1 N–H and O–H groups in total. The van der Waals surface area contributed by atoms with Gasteiger partial charge in [0.2, 0.25) is 5.91 Å². The molecule has 4 aromatic rings. The van der Waals surface area contributed by atoms with Crippen molar-refractivity contribution in [2.75, 3.05) is 5.32 Å². The molecular formula is C20H16Cl2N4OS.